The highest BCUT2D eigenvalue weighted by atomic mass is 19.1. The van der Waals surface area contributed by atoms with E-state index in [1.165, 1.54) is 13.0 Å². The second-order valence-electron chi connectivity index (χ2n) is 3.94. The van der Waals surface area contributed by atoms with Crippen molar-refractivity contribution in [3.8, 4) is 0 Å². The van der Waals surface area contributed by atoms with Crippen LogP contribution in [0.25, 0.3) is 0 Å². The smallest absolute Gasteiger partial charge is 0.241 e. The van der Waals surface area contributed by atoms with Crippen molar-refractivity contribution >= 4 is 11.6 Å². The predicted molar refractivity (Wildman–Crippen MR) is 62.6 cm³/mol. The maximum atomic E-state index is 13.6. The van der Waals surface area contributed by atoms with Crippen LogP contribution in [0.3, 0.4) is 0 Å². The fourth-order valence-electron chi connectivity index (χ4n) is 1.43. The van der Waals surface area contributed by atoms with E-state index in [4.69, 9.17) is 5.73 Å². The molecule has 0 spiro atoms. The first-order valence-corrected chi connectivity index (χ1v) is 5.48. The Bertz CT molecular complexity index is 421. The molecule has 0 bridgehead atoms. The molecule has 1 aromatic rings. The van der Waals surface area contributed by atoms with Crippen molar-refractivity contribution in [1.29, 1.82) is 0 Å². The third kappa shape index (κ3) is 3.23. The molecule has 94 valence electrons. The van der Waals surface area contributed by atoms with E-state index < -0.39 is 29.3 Å². The number of nitrogens with one attached hydrogen (secondary N) is 1. The summed E-state index contributed by atoms with van der Waals surface area (Å²) in [4.78, 5) is 11.5. The van der Waals surface area contributed by atoms with Gasteiger partial charge in [0.05, 0.1) is 6.04 Å². The molecule has 1 aromatic carbocycles. The van der Waals surface area contributed by atoms with Gasteiger partial charge in [0, 0.05) is 0 Å². The molecule has 0 saturated carbocycles. The second kappa shape index (κ2) is 5.72. The Hall–Kier alpha value is -1.49. The first-order chi connectivity index (χ1) is 7.97. The van der Waals surface area contributed by atoms with Crippen LogP contribution < -0.4 is 11.1 Å². The van der Waals surface area contributed by atoms with E-state index in [0.717, 1.165) is 12.5 Å². The summed E-state index contributed by atoms with van der Waals surface area (Å²) in [6.45, 7) is 3.37. The van der Waals surface area contributed by atoms with Gasteiger partial charge in [-0.3, -0.25) is 4.79 Å². The van der Waals surface area contributed by atoms with Crippen LogP contribution >= 0.6 is 0 Å². The van der Waals surface area contributed by atoms with Gasteiger partial charge in [-0.1, -0.05) is 19.4 Å². The Balaban J connectivity index is 2.88. The fourth-order valence-corrected chi connectivity index (χ4v) is 1.43. The number of rotatable bonds is 4. The van der Waals surface area contributed by atoms with E-state index in [2.05, 4.69) is 5.32 Å². The number of benzene rings is 1. The third-order valence-corrected chi connectivity index (χ3v) is 2.47. The number of anilines is 1. The molecular weight excluding hydrogens is 226 g/mol. The third-order valence-electron chi connectivity index (χ3n) is 2.47. The molecule has 1 unspecified atom stereocenters. The van der Waals surface area contributed by atoms with E-state index >= 15 is 0 Å². The van der Waals surface area contributed by atoms with E-state index in [-0.39, 0.29) is 5.56 Å². The van der Waals surface area contributed by atoms with Crippen molar-refractivity contribution in [2.45, 2.75) is 32.7 Å². The maximum Gasteiger partial charge on any atom is 0.241 e. The number of hydrogen-bond donors (Lipinski definition) is 2. The van der Waals surface area contributed by atoms with Crippen LogP contribution in [0.5, 0.6) is 0 Å². The van der Waals surface area contributed by atoms with Crippen LogP contribution in [-0.4, -0.2) is 11.9 Å². The molecule has 0 fully saturated rings. The lowest BCUT2D eigenvalue weighted by Gasteiger charge is -2.13. The summed E-state index contributed by atoms with van der Waals surface area (Å²) in [6, 6.07) is 1.67. The van der Waals surface area contributed by atoms with Gasteiger partial charge in [0.2, 0.25) is 5.91 Å². The first-order valence-electron chi connectivity index (χ1n) is 5.48. The Morgan fingerprint density at radius 3 is 2.71 bits per heavy atom. The Labute approximate surface area is 99.0 Å². The molecule has 3 nitrogen and oxygen atoms in total. The summed E-state index contributed by atoms with van der Waals surface area (Å²) in [5, 5.41) is 2.19. The largest absolute Gasteiger partial charge is 0.320 e. The number of amides is 1. The van der Waals surface area contributed by atoms with Gasteiger partial charge in [-0.25, -0.2) is 8.78 Å². The average Bonchev–Trinajstić information content (AvgIpc) is 2.29. The Kier molecular flexibility index (Phi) is 4.57. The average molecular weight is 242 g/mol. The van der Waals surface area contributed by atoms with E-state index in [1.54, 1.807) is 0 Å². The van der Waals surface area contributed by atoms with Crippen molar-refractivity contribution in [3.05, 3.63) is 29.3 Å². The van der Waals surface area contributed by atoms with Crippen molar-refractivity contribution in [3.63, 3.8) is 0 Å². The van der Waals surface area contributed by atoms with Crippen molar-refractivity contribution in [2.75, 3.05) is 5.32 Å². The van der Waals surface area contributed by atoms with Crippen LogP contribution in [0, 0.1) is 18.6 Å². The summed E-state index contributed by atoms with van der Waals surface area (Å²) >= 11 is 0. The molecule has 0 aliphatic heterocycles. The van der Waals surface area contributed by atoms with Gasteiger partial charge in [-0.15, -0.1) is 0 Å². The zero-order valence-corrected chi connectivity index (χ0v) is 9.89. The number of carbonyl (C=O) groups excluding carboxylic acids is 1. The Morgan fingerprint density at radius 2 is 2.12 bits per heavy atom. The summed E-state index contributed by atoms with van der Waals surface area (Å²) < 4.78 is 26.9. The minimum Gasteiger partial charge on any atom is -0.320 e. The van der Waals surface area contributed by atoms with Gasteiger partial charge in [0.1, 0.15) is 11.5 Å². The molecule has 17 heavy (non-hydrogen) atoms. The van der Waals surface area contributed by atoms with Crippen molar-refractivity contribution < 1.29 is 13.6 Å². The molecule has 0 aliphatic carbocycles. The van der Waals surface area contributed by atoms with Crippen LogP contribution in [0.4, 0.5) is 14.5 Å². The quantitative estimate of drug-likeness (QED) is 0.851. The van der Waals surface area contributed by atoms with Crippen molar-refractivity contribution in [2.24, 2.45) is 5.73 Å². The number of halogens is 2. The van der Waals surface area contributed by atoms with Crippen molar-refractivity contribution in [1.82, 2.24) is 0 Å². The highest BCUT2D eigenvalue weighted by Gasteiger charge is 2.18. The lowest BCUT2D eigenvalue weighted by molar-refractivity contribution is -0.117. The van der Waals surface area contributed by atoms with Gasteiger partial charge in [0.25, 0.3) is 0 Å². The van der Waals surface area contributed by atoms with Gasteiger partial charge in [-0.05, 0) is 25.0 Å². The molecular formula is C12H16F2N2O. The SMILES string of the molecule is CCCC(N)C(=O)Nc1c(F)ccc(C)c1F. The summed E-state index contributed by atoms with van der Waals surface area (Å²) in [5.74, 6) is -2.14. The van der Waals surface area contributed by atoms with Crippen LogP contribution in [0.15, 0.2) is 12.1 Å². The molecule has 1 amide bonds. The molecule has 1 atom stereocenters. The molecule has 0 aromatic heterocycles. The molecule has 1 rings (SSSR count). The molecule has 0 saturated heterocycles. The van der Waals surface area contributed by atoms with Crippen LogP contribution in [0.1, 0.15) is 25.3 Å². The lowest BCUT2D eigenvalue weighted by Crippen LogP contribution is -2.35. The number of nitrogens with two attached hydrogens (primary N) is 1. The van der Waals surface area contributed by atoms with Gasteiger partial charge >= 0.3 is 0 Å². The van der Waals surface area contributed by atoms with E-state index in [0.29, 0.717) is 6.42 Å². The van der Waals surface area contributed by atoms with Crippen LogP contribution in [-0.2, 0) is 4.79 Å². The molecule has 0 radical (unpaired) electrons. The normalized spacial score (nSPS) is 12.3. The molecule has 0 heterocycles. The number of carbonyl (C=O) groups is 1. The minimum atomic E-state index is -0.801. The van der Waals surface area contributed by atoms with Crippen LogP contribution in [0.2, 0.25) is 0 Å². The van der Waals surface area contributed by atoms with E-state index in [1.807, 2.05) is 6.92 Å². The molecule has 0 aliphatic rings. The van der Waals surface area contributed by atoms with Gasteiger partial charge in [0.15, 0.2) is 5.82 Å². The van der Waals surface area contributed by atoms with E-state index in [9.17, 15) is 13.6 Å². The monoisotopic (exact) mass is 242 g/mol. The maximum absolute atomic E-state index is 13.6. The number of aryl methyl sites for hydroxylation is 1. The van der Waals surface area contributed by atoms with Gasteiger partial charge in [-0.2, -0.15) is 0 Å². The Morgan fingerprint density at radius 1 is 1.47 bits per heavy atom. The zero-order valence-electron chi connectivity index (χ0n) is 9.89. The number of hydrogen-bond acceptors (Lipinski definition) is 2. The minimum absolute atomic E-state index is 0.269. The molecule has 3 N–H and O–H groups in total. The zero-order chi connectivity index (χ0) is 13.0. The fraction of sp³-hybridized carbons (Fsp3) is 0.417. The highest BCUT2D eigenvalue weighted by Crippen LogP contribution is 2.21. The van der Waals surface area contributed by atoms with Gasteiger partial charge < -0.3 is 11.1 Å². The predicted octanol–water partition coefficient (Wildman–Crippen LogP) is 2.34. The second-order valence-corrected chi connectivity index (χ2v) is 3.94. The topological polar surface area (TPSA) is 55.1 Å². The molecule has 5 heteroatoms. The highest BCUT2D eigenvalue weighted by molar-refractivity contribution is 5.94. The summed E-state index contributed by atoms with van der Waals surface area (Å²) in [7, 11) is 0. The summed E-state index contributed by atoms with van der Waals surface area (Å²) in [5.41, 5.74) is 5.40. The first kappa shape index (κ1) is 13.6. The summed E-state index contributed by atoms with van der Waals surface area (Å²) in [6.07, 6.45) is 1.20. The standard InChI is InChI=1S/C12H16F2N2O/c1-3-4-9(15)12(17)16-11-8(13)6-5-7(2)10(11)14/h5-6,9H,3-4,15H2,1-2H3,(H,16,17). The lowest BCUT2D eigenvalue weighted by atomic mass is 10.1.